The molecule has 7 heteroatoms. The van der Waals surface area contributed by atoms with E-state index >= 15 is 0 Å². The lowest BCUT2D eigenvalue weighted by molar-refractivity contribution is 0.0268. The first-order valence-electron chi connectivity index (χ1n) is 16.6. The minimum Gasteiger partial charge on any atom is -0.487 e. The van der Waals surface area contributed by atoms with Crippen molar-refractivity contribution in [3.05, 3.63) is 47.5 Å². The molecule has 1 aliphatic heterocycles. The summed E-state index contributed by atoms with van der Waals surface area (Å²) in [5, 5.41) is 0. The average Bonchev–Trinajstić information content (AvgIpc) is 2.91. The van der Waals surface area contributed by atoms with Gasteiger partial charge in [-0.3, -0.25) is 0 Å². The predicted octanol–water partition coefficient (Wildman–Crippen LogP) is 8.39. The van der Waals surface area contributed by atoms with E-state index in [1.54, 1.807) is 0 Å². The zero-order valence-electron chi connectivity index (χ0n) is 29.8. The van der Waals surface area contributed by atoms with E-state index in [1.807, 2.05) is 12.1 Å². The van der Waals surface area contributed by atoms with Crippen LogP contribution in [0.5, 0.6) is 23.0 Å². The third-order valence-corrected chi connectivity index (χ3v) is 7.71. The SMILES string of the molecule is CC(C)(C)CC(C)(C)c1ccc2c(c1)OCCOCCOc1cc(C(C)(C)CC(C)(C)C)ccc1OCCOCCOCCO2. The summed E-state index contributed by atoms with van der Waals surface area (Å²) in [7, 11) is 0. The molecule has 0 unspecified atom stereocenters. The number of hydrogen-bond donors (Lipinski definition) is 0. The molecule has 0 N–H and O–H groups in total. The standard InChI is InChI=1S/C38H60O7/c1-35(2,3)27-37(7,8)29-11-13-31-33(25-29)44-23-19-41-20-24-45-34-26-30(38(9,10)28-36(4,5)6)12-14-32(34)43-22-18-40-16-15-39-17-21-42-31/h11-14,25-26H,15-24,27-28H2,1-10H3. The second kappa shape index (κ2) is 16.4. The Balaban J connectivity index is 1.71. The van der Waals surface area contributed by atoms with E-state index in [9.17, 15) is 0 Å². The molecule has 2 aromatic carbocycles. The van der Waals surface area contributed by atoms with Crippen molar-refractivity contribution in [2.24, 2.45) is 10.8 Å². The number of ether oxygens (including phenoxy) is 7. The van der Waals surface area contributed by atoms with Gasteiger partial charge in [0, 0.05) is 0 Å². The maximum atomic E-state index is 6.23. The van der Waals surface area contributed by atoms with Crippen molar-refractivity contribution in [1.29, 1.82) is 0 Å². The van der Waals surface area contributed by atoms with E-state index in [0.717, 1.165) is 24.3 Å². The summed E-state index contributed by atoms with van der Waals surface area (Å²) in [4.78, 5) is 0. The van der Waals surface area contributed by atoms with E-state index in [1.165, 1.54) is 11.1 Å². The molecule has 0 saturated carbocycles. The third-order valence-electron chi connectivity index (χ3n) is 7.71. The van der Waals surface area contributed by atoms with Gasteiger partial charge in [0.25, 0.3) is 0 Å². The lowest BCUT2D eigenvalue weighted by Crippen LogP contribution is -2.25. The molecule has 7 nitrogen and oxygen atoms in total. The Morgan fingerprint density at radius 3 is 1.00 bits per heavy atom. The third kappa shape index (κ3) is 13.0. The van der Waals surface area contributed by atoms with Gasteiger partial charge in [0.05, 0.1) is 39.6 Å². The summed E-state index contributed by atoms with van der Waals surface area (Å²) in [6.07, 6.45) is 2.09. The van der Waals surface area contributed by atoms with Gasteiger partial charge in [-0.15, -0.1) is 0 Å². The highest BCUT2D eigenvalue weighted by molar-refractivity contribution is 5.46. The molecule has 0 amide bonds. The Bertz CT molecular complexity index is 1080. The van der Waals surface area contributed by atoms with Crippen molar-refractivity contribution in [3.63, 3.8) is 0 Å². The lowest BCUT2D eigenvalue weighted by Gasteiger charge is -2.33. The molecule has 2 aromatic rings. The minimum atomic E-state index is -0.0165. The molecule has 0 aliphatic carbocycles. The van der Waals surface area contributed by atoms with Crippen molar-refractivity contribution >= 4 is 0 Å². The Morgan fingerprint density at radius 1 is 0.400 bits per heavy atom. The van der Waals surface area contributed by atoms with Gasteiger partial charge in [-0.2, -0.15) is 0 Å². The van der Waals surface area contributed by atoms with Crippen LogP contribution < -0.4 is 18.9 Å². The van der Waals surface area contributed by atoms with Crippen LogP contribution in [-0.4, -0.2) is 66.1 Å². The lowest BCUT2D eigenvalue weighted by atomic mass is 9.72. The largest absolute Gasteiger partial charge is 0.487 e. The zero-order chi connectivity index (χ0) is 33.1. The van der Waals surface area contributed by atoms with Crippen LogP contribution in [-0.2, 0) is 25.0 Å². The van der Waals surface area contributed by atoms with E-state index in [4.69, 9.17) is 33.2 Å². The van der Waals surface area contributed by atoms with Crippen molar-refractivity contribution in [2.75, 3.05) is 66.1 Å². The summed E-state index contributed by atoms with van der Waals surface area (Å²) < 4.78 is 42.0. The molecule has 0 aromatic heterocycles. The van der Waals surface area contributed by atoms with Crippen LogP contribution in [0.1, 0.15) is 93.2 Å². The van der Waals surface area contributed by atoms with Crippen LogP contribution in [0.25, 0.3) is 0 Å². The summed E-state index contributed by atoms with van der Waals surface area (Å²) in [6, 6.07) is 12.5. The van der Waals surface area contributed by atoms with Crippen molar-refractivity contribution in [2.45, 2.75) is 92.9 Å². The molecule has 45 heavy (non-hydrogen) atoms. The number of fused-ring (bicyclic) bond motifs is 2. The summed E-state index contributed by atoms with van der Waals surface area (Å²) in [5.74, 6) is 2.86. The first kappa shape index (κ1) is 37.0. The van der Waals surface area contributed by atoms with E-state index in [0.29, 0.717) is 77.6 Å². The fourth-order valence-electron chi connectivity index (χ4n) is 6.44. The number of rotatable bonds is 4. The van der Waals surface area contributed by atoms with Crippen LogP contribution in [0.3, 0.4) is 0 Å². The smallest absolute Gasteiger partial charge is 0.161 e. The molecule has 1 aliphatic rings. The van der Waals surface area contributed by atoms with Gasteiger partial charge in [-0.25, -0.2) is 0 Å². The summed E-state index contributed by atoms with van der Waals surface area (Å²) >= 11 is 0. The van der Waals surface area contributed by atoms with Gasteiger partial charge >= 0.3 is 0 Å². The minimum absolute atomic E-state index is 0.0165. The van der Waals surface area contributed by atoms with Gasteiger partial charge in [-0.1, -0.05) is 81.4 Å². The van der Waals surface area contributed by atoms with Gasteiger partial charge < -0.3 is 33.2 Å². The summed E-state index contributed by atoms with van der Waals surface area (Å²) in [5.41, 5.74) is 2.81. The van der Waals surface area contributed by atoms with Crippen molar-refractivity contribution < 1.29 is 33.2 Å². The van der Waals surface area contributed by atoms with E-state index in [2.05, 4.69) is 93.5 Å². The molecule has 0 bridgehead atoms. The highest BCUT2D eigenvalue weighted by Gasteiger charge is 2.29. The Labute approximate surface area is 273 Å². The molecule has 1 heterocycles. The maximum absolute atomic E-state index is 6.23. The molecule has 3 rings (SSSR count). The topological polar surface area (TPSA) is 64.6 Å². The van der Waals surface area contributed by atoms with Crippen molar-refractivity contribution in [3.8, 4) is 23.0 Å². The monoisotopic (exact) mass is 628 g/mol. The van der Waals surface area contributed by atoms with E-state index < -0.39 is 0 Å². The molecule has 0 spiro atoms. The Morgan fingerprint density at radius 2 is 0.689 bits per heavy atom. The van der Waals surface area contributed by atoms with Crippen LogP contribution >= 0.6 is 0 Å². The maximum Gasteiger partial charge on any atom is 0.161 e. The van der Waals surface area contributed by atoms with Crippen LogP contribution in [0.15, 0.2) is 36.4 Å². The number of benzene rings is 2. The molecular weight excluding hydrogens is 568 g/mol. The van der Waals surface area contributed by atoms with Crippen LogP contribution in [0.4, 0.5) is 0 Å². The van der Waals surface area contributed by atoms with Gasteiger partial charge in [-0.05, 0) is 69.9 Å². The second-order valence-corrected chi connectivity index (χ2v) is 15.8. The molecular formula is C38H60O7. The average molecular weight is 629 g/mol. The number of hydrogen-bond acceptors (Lipinski definition) is 7. The fraction of sp³-hybridized carbons (Fsp3) is 0.684. The molecule has 254 valence electrons. The molecule has 0 saturated heterocycles. The normalized spacial score (nSPS) is 17.3. The van der Waals surface area contributed by atoms with E-state index in [-0.39, 0.29) is 21.7 Å². The Hall–Kier alpha value is -2.48. The van der Waals surface area contributed by atoms with Gasteiger partial charge in [0.1, 0.15) is 26.4 Å². The second-order valence-electron chi connectivity index (χ2n) is 15.8. The predicted molar refractivity (Wildman–Crippen MR) is 182 cm³/mol. The Kier molecular flexibility index (Phi) is 13.5. The van der Waals surface area contributed by atoms with Gasteiger partial charge in [0.15, 0.2) is 23.0 Å². The molecule has 0 atom stereocenters. The quantitative estimate of drug-likeness (QED) is 0.337. The highest BCUT2D eigenvalue weighted by atomic mass is 16.6. The van der Waals surface area contributed by atoms with Crippen LogP contribution in [0.2, 0.25) is 0 Å². The first-order chi connectivity index (χ1) is 21.1. The van der Waals surface area contributed by atoms with Gasteiger partial charge in [0.2, 0.25) is 0 Å². The highest BCUT2D eigenvalue weighted by Crippen LogP contribution is 2.41. The fourth-order valence-corrected chi connectivity index (χ4v) is 6.44. The molecule has 0 fully saturated rings. The van der Waals surface area contributed by atoms with Crippen LogP contribution in [0, 0.1) is 10.8 Å². The molecule has 0 radical (unpaired) electrons. The van der Waals surface area contributed by atoms with Crippen molar-refractivity contribution in [1.82, 2.24) is 0 Å². The summed E-state index contributed by atoms with van der Waals surface area (Å²) in [6.45, 7) is 27.2. The first-order valence-corrected chi connectivity index (χ1v) is 16.6. The zero-order valence-corrected chi connectivity index (χ0v) is 29.8.